The summed E-state index contributed by atoms with van der Waals surface area (Å²) in [6.07, 6.45) is 17.9. The maximum atomic E-state index is 12.2. The minimum atomic E-state index is 0.141. The van der Waals surface area contributed by atoms with Crippen LogP contribution in [-0.2, 0) is 23.8 Å². The Hall–Kier alpha value is -0.980. The maximum Gasteiger partial charge on any atom is 0.220 e. The summed E-state index contributed by atoms with van der Waals surface area (Å²) >= 11 is 0. The van der Waals surface area contributed by atoms with Crippen molar-refractivity contribution < 1.29 is 23.8 Å². The lowest BCUT2D eigenvalue weighted by atomic mass is 9.88. The van der Waals surface area contributed by atoms with Gasteiger partial charge in [-0.15, -0.1) is 0 Å². The summed E-state index contributed by atoms with van der Waals surface area (Å²) < 4.78 is 16.5. The molecular weight excluding hydrogens is 406 g/mol. The van der Waals surface area contributed by atoms with Crippen molar-refractivity contribution in [1.82, 2.24) is 5.32 Å². The molecule has 1 amide bonds. The van der Waals surface area contributed by atoms with Crippen LogP contribution in [0.2, 0.25) is 0 Å². The van der Waals surface area contributed by atoms with E-state index in [1.165, 1.54) is 70.6 Å². The molecule has 2 fully saturated rings. The number of carbonyl (C=O) groups is 2. The van der Waals surface area contributed by atoms with Gasteiger partial charge in [0.2, 0.25) is 5.91 Å². The molecule has 2 aliphatic carbocycles. The van der Waals surface area contributed by atoms with Gasteiger partial charge in [-0.05, 0) is 25.2 Å². The van der Waals surface area contributed by atoms with Crippen molar-refractivity contribution in [1.29, 1.82) is 0 Å². The predicted molar refractivity (Wildman–Crippen MR) is 127 cm³/mol. The van der Waals surface area contributed by atoms with Crippen LogP contribution in [0.25, 0.3) is 0 Å². The molecule has 0 aromatic carbocycles. The summed E-state index contributed by atoms with van der Waals surface area (Å²) in [6, 6.07) is 0. The number of carbonyl (C=O) groups excluding carboxylic acids is 2. The first-order valence-corrected chi connectivity index (χ1v) is 13.3. The number of ketones is 1. The molecule has 2 saturated carbocycles. The van der Waals surface area contributed by atoms with Crippen LogP contribution in [0.15, 0.2) is 0 Å². The summed E-state index contributed by atoms with van der Waals surface area (Å²) in [5.41, 5.74) is 0. The van der Waals surface area contributed by atoms with E-state index in [1.807, 2.05) is 0 Å². The van der Waals surface area contributed by atoms with Gasteiger partial charge in [-0.2, -0.15) is 0 Å². The van der Waals surface area contributed by atoms with Gasteiger partial charge >= 0.3 is 0 Å². The monoisotopic (exact) mass is 453 g/mol. The van der Waals surface area contributed by atoms with E-state index in [1.54, 1.807) is 0 Å². The van der Waals surface area contributed by atoms with E-state index in [-0.39, 0.29) is 24.2 Å². The molecule has 32 heavy (non-hydrogen) atoms. The van der Waals surface area contributed by atoms with Gasteiger partial charge in [-0.1, -0.05) is 70.6 Å². The number of rotatable bonds is 15. The van der Waals surface area contributed by atoms with Crippen LogP contribution in [0.3, 0.4) is 0 Å². The highest BCUT2D eigenvalue weighted by Crippen LogP contribution is 2.26. The van der Waals surface area contributed by atoms with Crippen LogP contribution in [0, 0.1) is 11.8 Å². The van der Waals surface area contributed by atoms with Crippen LogP contribution in [-0.4, -0.2) is 57.9 Å². The first-order chi connectivity index (χ1) is 15.8. The van der Waals surface area contributed by atoms with Crippen molar-refractivity contribution >= 4 is 11.7 Å². The van der Waals surface area contributed by atoms with Crippen molar-refractivity contribution in [3.63, 3.8) is 0 Å². The van der Waals surface area contributed by atoms with Gasteiger partial charge < -0.3 is 19.5 Å². The van der Waals surface area contributed by atoms with Crippen molar-refractivity contribution in [2.24, 2.45) is 11.8 Å². The summed E-state index contributed by atoms with van der Waals surface area (Å²) in [4.78, 5) is 24.2. The number of ether oxygens (including phenoxy) is 3. The van der Waals surface area contributed by atoms with Gasteiger partial charge in [-0.3, -0.25) is 9.59 Å². The fourth-order valence-corrected chi connectivity index (χ4v) is 4.85. The minimum absolute atomic E-state index is 0.141. The van der Waals surface area contributed by atoms with Crippen molar-refractivity contribution in [3.05, 3.63) is 0 Å². The average molecular weight is 454 g/mol. The molecule has 0 aromatic heterocycles. The van der Waals surface area contributed by atoms with E-state index < -0.39 is 0 Å². The molecule has 1 N–H and O–H groups in total. The molecule has 2 aliphatic rings. The number of hydrogen-bond acceptors (Lipinski definition) is 5. The highest BCUT2D eigenvalue weighted by atomic mass is 16.5. The number of Topliss-reactive ketones (excluding diaryl/α,β-unsaturated/α-hetero) is 1. The van der Waals surface area contributed by atoms with Crippen LogP contribution < -0.4 is 5.32 Å². The van der Waals surface area contributed by atoms with Gasteiger partial charge in [-0.25, -0.2) is 0 Å². The third kappa shape index (κ3) is 13.5. The molecular formula is C26H47NO5. The summed E-state index contributed by atoms with van der Waals surface area (Å²) in [5.74, 6) is 1.33. The Kier molecular flexibility index (Phi) is 15.7. The molecule has 0 bridgehead atoms. The summed E-state index contributed by atoms with van der Waals surface area (Å²) in [7, 11) is 0. The van der Waals surface area contributed by atoms with Crippen molar-refractivity contribution in [2.75, 3.05) is 46.2 Å². The predicted octanol–water partition coefficient (Wildman–Crippen LogP) is 4.83. The topological polar surface area (TPSA) is 73.9 Å². The molecule has 6 nitrogen and oxygen atoms in total. The first kappa shape index (κ1) is 27.3. The third-order valence-electron chi connectivity index (χ3n) is 6.87. The number of hydrogen-bond donors (Lipinski definition) is 1. The lowest BCUT2D eigenvalue weighted by molar-refractivity contribution is -0.128. The van der Waals surface area contributed by atoms with E-state index in [0.29, 0.717) is 46.0 Å². The van der Waals surface area contributed by atoms with Crippen LogP contribution >= 0.6 is 0 Å². The highest BCUT2D eigenvalue weighted by molar-refractivity contribution is 5.82. The SMILES string of the molecule is O=C(CCC1CCCCCCC1)NCCOCCOCCOCC(=O)C1CCCCCC1. The average Bonchev–Trinajstić information content (AvgIpc) is 3.06. The Bertz CT molecular complexity index is 483. The number of amides is 1. The molecule has 6 heteroatoms. The Balaban J connectivity index is 1.33. The van der Waals surface area contributed by atoms with E-state index in [9.17, 15) is 9.59 Å². The zero-order valence-electron chi connectivity index (χ0n) is 20.3. The lowest BCUT2D eigenvalue weighted by Gasteiger charge is -2.19. The minimum Gasteiger partial charge on any atom is -0.377 e. The summed E-state index contributed by atoms with van der Waals surface area (Å²) in [6.45, 7) is 3.18. The third-order valence-corrected chi connectivity index (χ3v) is 6.87. The second-order valence-electron chi connectivity index (χ2n) is 9.53. The molecule has 0 aliphatic heterocycles. The zero-order valence-corrected chi connectivity index (χ0v) is 20.3. The quantitative estimate of drug-likeness (QED) is 0.284. The van der Waals surface area contributed by atoms with E-state index in [4.69, 9.17) is 14.2 Å². The fraction of sp³-hybridized carbons (Fsp3) is 0.923. The standard InChI is InChI=1S/C26H47NO5/c28-25(24-12-8-4-5-9-13-24)22-32-21-20-31-19-18-30-17-16-27-26(29)15-14-23-10-6-2-1-3-7-11-23/h23-24H,1-22H2,(H,27,29). The largest absolute Gasteiger partial charge is 0.377 e. The Morgan fingerprint density at radius 3 is 1.84 bits per heavy atom. The maximum absolute atomic E-state index is 12.2. The molecule has 0 unspecified atom stereocenters. The van der Waals surface area contributed by atoms with Gasteiger partial charge in [0.25, 0.3) is 0 Å². The van der Waals surface area contributed by atoms with Gasteiger partial charge in [0.1, 0.15) is 6.61 Å². The summed E-state index contributed by atoms with van der Waals surface area (Å²) in [5, 5.41) is 2.95. The fourth-order valence-electron chi connectivity index (χ4n) is 4.85. The van der Waals surface area contributed by atoms with Crippen molar-refractivity contribution in [3.8, 4) is 0 Å². The molecule has 0 saturated heterocycles. The van der Waals surface area contributed by atoms with Crippen LogP contribution in [0.5, 0.6) is 0 Å². The first-order valence-electron chi connectivity index (χ1n) is 13.3. The molecule has 0 spiro atoms. The van der Waals surface area contributed by atoms with Crippen LogP contribution in [0.1, 0.15) is 96.3 Å². The van der Waals surface area contributed by atoms with E-state index >= 15 is 0 Å². The Morgan fingerprint density at radius 2 is 1.19 bits per heavy atom. The normalized spacial score (nSPS) is 19.1. The van der Waals surface area contributed by atoms with E-state index in [0.717, 1.165) is 25.2 Å². The molecule has 186 valence electrons. The molecule has 0 atom stereocenters. The van der Waals surface area contributed by atoms with Gasteiger partial charge in [0.05, 0.1) is 33.0 Å². The van der Waals surface area contributed by atoms with Gasteiger partial charge in [0, 0.05) is 18.9 Å². The molecule has 2 rings (SSSR count). The van der Waals surface area contributed by atoms with Gasteiger partial charge in [0.15, 0.2) is 5.78 Å². The van der Waals surface area contributed by atoms with Crippen molar-refractivity contribution in [2.45, 2.75) is 96.3 Å². The zero-order chi connectivity index (χ0) is 22.7. The van der Waals surface area contributed by atoms with E-state index in [2.05, 4.69) is 5.32 Å². The second-order valence-corrected chi connectivity index (χ2v) is 9.53. The second kappa shape index (κ2) is 18.4. The molecule has 0 heterocycles. The Labute approximate surface area is 195 Å². The molecule has 0 aromatic rings. The number of nitrogens with one attached hydrogen (secondary N) is 1. The molecule has 0 radical (unpaired) electrons. The Morgan fingerprint density at radius 1 is 0.656 bits per heavy atom. The lowest BCUT2D eigenvalue weighted by Crippen LogP contribution is -2.28. The van der Waals surface area contributed by atoms with Crippen LogP contribution in [0.4, 0.5) is 0 Å². The highest BCUT2D eigenvalue weighted by Gasteiger charge is 2.19. The smallest absolute Gasteiger partial charge is 0.220 e.